The van der Waals surface area contributed by atoms with Crippen molar-refractivity contribution in [2.75, 3.05) is 26.5 Å². The lowest BCUT2D eigenvalue weighted by Crippen LogP contribution is -2.40. The highest BCUT2D eigenvalue weighted by atomic mass is 32.2. The number of carbonyl (C=O) groups excluding carboxylic acids is 2. The Labute approximate surface area is 146 Å². The van der Waals surface area contributed by atoms with Crippen LogP contribution >= 0.6 is 11.8 Å². The van der Waals surface area contributed by atoms with Crippen LogP contribution in [0.4, 0.5) is 13.2 Å². The molecule has 0 bridgehead atoms. The van der Waals surface area contributed by atoms with Crippen molar-refractivity contribution in [3.63, 3.8) is 0 Å². The summed E-state index contributed by atoms with van der Waals surface area (Å²) in [5, 5.41) is 0.485. The van der Waals surface area contributed by atoms with Gasteiger partial charge in [0.1, 0.15) is 6.54 Å². The maximum atomic E-state index is 12.8. The zero-order valence-corrected chi connectivity index (χ0v) is 14.4. The predicted molar refractivity (Wildman–Crippen MR) is 85.6 cm³/mol. The first kappa shape index (κ1) is 19.1. The summed E-state index contributed by atoms with van der Waals surface area (Å²) < 4.78 is 44.6. The maximum absolute atomic E-state index is 12.8. The van der Waals surface area contributed by atoms with Crippen LogP contribution in [0.15, 0.2) is 29.6 Å². The second-order valence-corrected chi connectivity index (χ2v) is 5.84. The van der Waals surface area contributed by atoms with Crippen molar-refractivity contribution in [1.82, 2.24) is 14.3 Å². The highest BCUT2D eigenvalue weighted by Gasteiger charge is 2.35. The molecule has 0 aliphatic rings. The van der Waals surface area contributed by atoms with E-state index in [-0.39, 0.29) is 12.1 Å². The van der Waals surface area contributed by atoms with Gasteiger partial charge in [0.05, 0.1) is 19.0 Å². The Morgan fingerprint density at radius 2 is 2.08 bits per heavy atom. The number of hydrogen-bond acceptors (Lipinski definition) is 5. The molecule has 0 N–H and O–H groups in total. The van der Waals surface area contributed by atoms with Crippen molar-refractivity contribution < 1.29 is 27.5 Å². The van der Waals surface area contributed by atoms with Gasteiger partial charge >= 0.3 is 12.1 Å². The molecule has 2 rings (SSSR count). The molecule has 10 heteroatoms. The zero-order valence-electron chi connectivity index (χ0n) is 13.5. The molecular weight excluding hydrogens is 359 g/mol. The van der Waals surface area contributed by atoms with Gasteiger partial charge in [0.25, 0.3) is 5.91 Å². The Hall–Kier alpha value is -2.23. The average molecular weight is 375 g/mol. The van der Waals surface area contributed by atoms with Crippen molar-refractivity contribution in [2.45, 2.75) is 17.8 Å². The molecule has 0 atom stereocenters. The Bertz CT molecular complexity index is 776. The number of halogens is 3. The molecule has 6 nitrogen and oxygen atoms in total. The standard InChI is InChI=1S/C15H16F3N3O3S/c1-24-11(22)6-8-20(9-15(16,17)18)13(23)12-10-5-3-4-7-21(10)14(19-12)25-2/h3-5,7H,6,8-9H2,1-2H3. The number of amides is 1. The van der Waals surface area contributed by atoms with Crippen molar-refractivity contribution in [3.05, 3.63) is 30.1 Å². The average Bonchev–Trinajstić information content (AvgIpc) is 2.95. The lowest BCUT2D eigenvalue weighted by Gasteiger charge is -2.22. The minimum Gasteiger partial charge on any atom is -0.469 e. The Kier molecular flexibility index (Phi) is 5.93. The van der Waals surface area contributed by atoms with Crippen molar-refractivity contribution >= 4 is 29.2 Å². The van der Waals surface area contributed by atoms with Crippen LogP contribution in [-0.4, -0.2) is 58.8 Å². The summed E-state index contributed by atoms with van der Waals surface area (Å²) in [6, 6.07) is 5.00. The fraction of sp³-hybridized carbons (Fsp3) is 0.400. The summed E-state index contributed by atoms with van der Waals surface area (Å²) in [6.07, 6.45) is -1.50. The fourth-order valence-electron chi connectivity index (χ4n) is 2.26. The van der Waals surface area contributed by atoms with E-state index in [4.69, 9.17) is 0 Å². The summed E-state index contributed by atoms with van der Waals surface area (Å²) in [5.74, 6) is -1.58. The van der Waals surface area contributed by atoms with Gasteiger partial charge in [-0.25, -0.2) is 4.98 Å². The molecule has 0 radical (unpaired) electrons. The number of alkyl halides is 3. The number of rotatable bonds is 6. The second kappa shape index (κ2) is 7.77. The molecule has 2 heterocycles. The molecule has 0 aromatic carbocycles. The molecule has 25 heavy (non-hydrogen) atoms. The molecule has 0 saturated carbocycles. The zero-order chi connectivity index (χ0) is 18.6. The summed E-state index contributed by atoms with van der Waals surface area (Å²) in [7, 11) is 1.13. The van der Waals surface area contributed by atoms with Gasteiger partial charge in [-0.05, 0) is 18.4 Å². The minimum absolute atomic E-state index is 0.0842. The number of aromatic nitrogens is 2. The van der Waals surface area contributed by atoms with Gasteiger partial charge in [0, 0.05) is 12.7 Å². The van der Waals surface area contributed by atoms with Crippen molar-refractivity contribution in [3.8, 4) is 0 Å². The van der Waals surface area contributed by atoms with E-state index in [0.717, 1.165) is 7.11 Å². The van der Waals surface area contributed by atoms with Crippen LogP contribution in [0, 0.1) is 0 Å². The van der Waals surface area contributed by atoms with Gasteiger partial charge in [0.15, 0.2) is 10.9 Å². The lowest BCUT2D eigenvalue weighted by atomic mass is 10.2. The summed E-state index contributed by atoms with van der Waals surface area (Å²) in [5.41, 5.74) is 0.321. The highest BCUT2D eigenvalue weighted by molar-refractivity contribution is 7.98. The lowest BCUT2D eigenvalue weighted by molar-refractivity contribution is -0.147. The first-order valence-corrected chi connectivity index (χ1v) is 8.43. The third kappa shape index (κ3) is 4.65. The largest absolute Gasteiger partial charge is 0.469 e. The van der Waals surface area contributed by atoms with Crippen LogP contribution < -0.4 is 0 Å². The molecule has 0 fully saturated rings. The Morgan fingerprint density at radius 3 is 2.68 bits per heavy atom. The van der Waals surface area contributed by atoms with E-state index in [2.05, 4.69) is 9.72 Å². The van der Waals surface area contributed by atoms with Gasteiger partial charge in [-0.3, -0.25) is 14.0 Å². The van der Waals surface area contributed by atoms with Crippen LogP contribution in [0.5, 0.6) is 0 Å². The van der Waals surface area contributed by atoms with Crippen LogP contribution in [0.3, 0.4) is 0 Å². The number of methoxy groups -OCH3 is 1. The van der Waals surface area contributed by atoms with E-state index in [1.165, 1.54) is 11.8 Å². The van der Waals surface area contributed by atoms with Crippen LogP contribution in [-0.2, 0) is 9.53 Å². The smallest absolute Gasteiger partial charge is 0.406 e. The number of hydrogen-bond donors (Lipinski definition) is 0. The first-order chi connectivity index (χ1) is 11.8. The monoisotopic (exact) mass is 375 g/mol. The third-order valence-electron chi connectivity index (χ3n) is 3.37. The van der Waals surface area contributed by atoms with Gasteiger partial charge < -0.3 is 9.64 Å². The Balaban J connectivity index is 2.36. The quantitative estimate of drug-likeness (QED) is 0.574. The van der Waals surface area contributed by atoms with Gasteiger partial charge in [-0.2, -0.15) is 13.2 Å². The van der Waals surface area contributed by atoms with Crippen LogP contribution in [0.2, 0.25) is 0 Å². The molecule has 0 saturated heterocycles. The Morgan fingerprint density at radius 1 is 1.36 bits per heavy atom. The molecule has 0 unspecified atom stereocenters. The van der Waals surface area contributed by atoms with E-state index in [9.17, 15) is 22.8 Å². The topological polar surface area (TPSA) is 63.9 Å². The number of ether oxygens (including phenoxy) is 1. The fourth-order valence-corrected chi connectivity index (χ4v) is 2.80. The molecule has 0 aliphatic heterocycles. The number of fused-ring (bicyclic) bond motifs is 1. The molecule has 2 aromatic rings. The van der Waals surface area contributed by atoms with Gasteiger partial charge in [-0.15, -0.1) is 0 Å². The van der Waals surface area contributed by atoms with E-state index in [1.54, 1.807) is 35.1 Å². The molecule has 136 valence electrons. The second-order valence-electron chi connectivity index (χ2n) is 5.07. The van der Waals surface area contributed by atoms with E-state index in [0.29, 0.717) is 15.6 Å². The molecule has 0 spiro atoms. The van der Waals surface area contributed by atoms with Gasteiger partial charge in [0.2, 0.25) is 0 Å². The van der Waals surface area contributed by atoms with Crippen molar-refractivity contribution in [1.29, 1.82) is 0 Å². The first-order valence-electron chi connectivity index (χ1n) is 7.20. The summed E-state index contributed by atoms with van der Waals surface area (Å²) >= 11 is 1.27. The number of pyridine rings is 1. The normalized spacial score (nSPS) is 11.6. The molecule has 1 amide bonds. The maximum Gasteiger partial charge on any atom is 0.406 e. The van der Waals surface area contributed by atoms with E-state index < -0.39 is 31.1 Å². The predicted octanol–water partition coefficient (Wildman–Crippen LogP) is 2.62. The van der Waals surface area contributed by atoms with Crippen LogP contribution in [0.1, 0.15) is 16.9 Å². The van der Waals surface area contributed by atoms with E-state index >= 15 is 0 Å². The van der Waals surface area contributed by atoms with Gasteiger partial charge in [-0.1, -0.05) is 17.8 Å². The van der Waals surface area contributed by atoms with E-state index in [1.807, 2.05) is 0 Å². The van der Waals surface area contributed by atoms with Crippen molar-refractivity contribution in [2.24, 2.45) is 0 Å². The SMILES string of the molecule is COC(=O)CCN(CC(F)(F)F)C(=O)c1nc(SC)n2ccccc12. The minimum atomic E-state index is -4.59. The summed E-state index contributed by atoms with van der Waals surface area (Å²) in [4.78, 5) is 28.6. The number of carbonyl (C=O) groups is 2. The molecule has 2 aromatic heterocycles. The third-order valence-corrected chi connectivity index (χ3v) is 4.03. The molecular formula is C15H16F3N3O3S. The number of esters is 1. The summed E-state index contributed by atoms with van der Waals surface area (Å²) in [6.45, 7) is -1.88. The number of imidazole rings is 1. The highest BCUT2D eigenvalue weighted by Crippen LogP contribution is 2.23. The van der Waals surface area contributed by atoms with Crippen LogP contribution in [0.25, 0.3) is 5.52 Å². The molecule has 0 aliphatic carbocycles. The number of nitrogens with zero attached hydrogens (tertiary/aromatic N) is 3. The number of thioether (sulfide) groups is 1.